The van der Waals surface area contributed by atoms with E-state index in [1.807, 2.05) is 19.1 Å². The zero-order valence-electron chi connectivity index (χ0n) is 12.3. The number of nitrogens with zero attached hydrogens (tertiary/aromatic N) is 2. The predicted molar refractivity (Wildman–Crippen MR) is 80.5 cm³/mol. The second-order valence-corrected chi connectivity index (χ2v) is 5.36. The highest BCUT2D eigenvalue weighted by Crippen LogP contribution is 2.28. The van der Waals surface area contributed by atoms with Crippen LogP contribution in [-0.4, -0.2) is 36.3 Å². The van der Waals surface area contributed by atoms with Crippen molar-refractivity contribution in [2.45, 2.75) is 39.3 Å². The molecule has 3 N–H and O–H groups in total. The first-order valence-electron chi connectivity index (χ1n) is 7.03. The number of rotatable bonds is 3. The number of oxime groups is 1. The molecule has 20 heavy (non-hydrogen) atoms. The molecule has 2 unspecified atom stereocenters. The molecule has 1 aromatic rings. The van der Waals surface area contributed by atoms with E-state index in [9.17, 15) is 0 Å². The summed E-state index contributed by atoms with van der Waals surface area (Å²) in [7, 11) is 0. The molecule has 1 heterocycles. The summed E-state index contributed by atoms with van der Waals surface area (Å²) in [6.45, 7) is 7.73. The van der Waals surface area contributed by atoms with E-state index in [1.165, 1.54) is 0 Å². The second-order valence-electron chi connectivity index (χ2n) is 5.36. The Balaban J connectivity index is 2.44. The minimum atomic E-state index is 0.151. The minimum absolute atomic E-state index is 0.151. The van der Waals surface area contributed by atoms with Gasteiger partial charge in [0.15, 0.2) is 5.84 Å². The summed E-state index contributed by atoms with van der Waals surface area (Å²) >= 11 is 0. The molecule has 0 amide bonds. The SMILES string of the molecule is CCC1COC(C)CN1c1ccc(C)cc1/C(N)=N/O. The highest BCUT2D eigenvalue weighted by molar-refractivity contribution is 6.02. The maximum absolute atomic E-state index is 9.00. The topological polar surface area (TPSA) is 71.1 Å². The average Bonchev–Trinajstić information content (AvgIpc) is 2.46. The van der Waals surface area contributed by atoms with Crippen molar-refractivity contribution in [1.82, 2.24) is 0 Å². The molecule has 1 aromatic carbocycles. The number of amidine groups is 1. The Morgan fingerprint density at radius 2 is 2.30 bits per heavy atom. The Bertz CT molecular complexity index is 502. The van der Waals surface area contributed by atoms with Crippen molar-refractivity contribution in [3.05, 3.63) is 29.3 Å². The Hall–Kier alpha value is -1.75. The average molecular weight is 277 g/mol. The molecule has 1 fully saturated rings. The van der Waals surface area contributed by atoms with E-state index in [4.69, 9.17) is 15.7 Å². The third-order valence-corrected chi connectivity index (χ3v) is 3.78. The van der Waals surface area contributed by atoms with Crippen LogP contribution in [0.4, 0.5) is 5.69 Å². The monoisotopic (exact) mass is 277 g/mol. The van der Waals surface area contributed by atoms with Crippen molar-refractivity contribution in [2.24, 2.45) is 10.9 Å². The van der Waals surface area contributed by atoms with Gasteiger partial charge in [-0.1, -0.05) is 23.7 Å². The van der Waals surface area contributed by atoms with E-state index >= 15 is 0 Å². The summed E-state index contributed by atoms with van der Waals surface area (Å²) in [5.41, 5.74) is 8.71. The predicted octanol–water partition coefficient (Wildman–Crippen LogP) is 2.09. The number of ether oxygens (including phenoxy) is 1. The van der Waals surface area contributed by atoms with Gasteiger partial charge in [0.2, 0.25) is 0 Å². The summed E-state index contributed by atoms with van der Waals surface area (Å²) in [5.74, 6) is 0.151. The molecule has 0 saturated carbocycles. The highest BCUT2D eigenvalue weighted by atomic mass is 16.5. The lowest BCUT2D eigenvalue weighted by Crippen LogP contribution is -2.49. The van der Waals surface area contributed by atoms with Crippen LogP contribution < -0.4 is 10.6 Å². The first-order chi connectivity index (χ1) is 9.56. The zero-order chi connectivity index (χ0) is 14.7. The van der Waals surface area contributed by atoms with Crippen LogP contribution in [0.15, 0.2) is 23.4 Å². The van der Waals surface area contributed by atoms with Gasteiger partial charge in [-0.2, -0.15) is 0 Å². The maximum atomic E-state index is 9.00. The molecule has 0 aliphatic carbocycles. The van der Waals surface area contributed by atoms with Crippen LogP contribution in [0.5, 0.6) is 0 Å². The van der Waals surface area contributed by atoms with Crippen LogP contribution in [0, 0.1) is 6.92 Å². The minimum Gasteiger partial charge on any atom is -0.409 e. The normalized spacial score (nSPS) is 23.9. The van der Waals surface area contributed by atoms with Crippen LogP contribution >= 0.6 is 0 Å². The number of nitrogens with two attached hydrogens (primary N) is 1. The van der Waals surface area contributed by atoms with Gasteiger partial charge >= 0.3 is 0 Å². The number of anilines is 1. The fourth-order valence-corrected chi connectivity index (χ4v) is 2.64. The molecule has 0 aromatic heterocycles. The molecule has 5 heteroatoms. The number of aryl methyl sites for hydroxylation is 1. The molecule has 1 aliphatic heterocycles. The van der Waals surface area contributed by atoms with E-state index in [0.717, 1.165) is 29.8 Å². The molecule has 110 valence electrons. The second kappa shape index (κ2) is 6.13. The van der Waals surface area contributed by atoms with Crippen molar-refractivity contribution < 1.29 is 9.94 Å². The van der Waals surface area contributed by atoms with Crippen LogP contribution in [-0.2, 0) is 4.74 Å². The summed E-state index contributed by atoms with van der Waals surface area (Å²) in [6, 6.07) is 6.37. The van der Waals surface area contributed by atoms with Gasteiger partial charge < -0.3 is 20.6 Å². The Morgan fingerprint density at radius 1 is 1.55 bits per heavy atom. The lowest BCUT2D eigenvalue weighted by molar-refractivity contribution is 0.0299. The van der Waals surface area contributed by atoms with Crippen molar-refractivity contribution in [2.75, 3.05) is 18.1 Å². The van der Waals surface area contributed by atoms with E-state index < -0.39 is 0 Å². The Morgan fingerprint density at radius 3 is 2.95 bits per heavy atom. The Labute approximate surface area is 120 Å². The van der Waals surface area contributed by atoms with Crippen LogP contribution in [0.3, 0.4) is 0 Å². The molecule has 1 saturated heterocycles. The highest BCUT2D eigenvalue weighted by Gasteiger charge is 2.27. The Kier molecular flexibility index (Phi) is 4.49. The number of hydrogen-bond donors (Lipinski definition) is 2. The van der Waals surface area contributed by atoms with Gasteiger partial charge in [-0.25, -0.2) is 0 Å². The molecule has 2 atom stereocenters. The van der Waals surface area contributed by atoms with Crippen molar-refractivity contribution >= 4 is 11.5 Å². The van der Waals surface area contributed by atoms with Gasteiger partial charge in [0.05, 0.1) is 18.8 Å². The fraction of sp³-hybridized carbons (Fsp3) is 0.533. The summed E-state index contributed by atoms with van der Waals surface area (Å²) in [4.78, 5) is 2.31. The van der Waals surface area contributed by atoms with E-state index in [0.29, 0.717) is 12.6 Å². The van der Waals surface area contributed by atoms with Crippen molar-refractivity contribution in [1.29, 1.82) is 0 Å². The molecule has 2 rings (SSSR count). The van der Waals surface area contributed by atoms with Gasteiger partial charge in [0, 0.05) is 17.8 Å². The van der Waals surface area contributed by atoms with Gasteiger partial charge in [0.1, 0.15) is 0 Å². The summed E-state index contributed by atoms with van der Waals surface area (Å²) in [6.07, 6.45) is 1.18. The molecule has 0 spiro atoms. The summed E-state index contributed by atoms with van der Waals surface area (Å²) < 4.78 is 5.73. The van der Waals surface area contributed by atoms with Crippen molar-refractivity contribution in [3.63, 3.8) is 0 Å². The quantitative estimate of drug-likeness (QED) is 0.384. The molecule has 1 aliphatic rings. The molecule has 5 nitrogen and oxygen atoms in total. The number of benzene rings is 1. The van der Waals surface area contributed by atoms with Crippen LogP contribution in [0.1, 0.15) is 31.4 Å². The zero-order valence-corrected chi connectivity index (χ0v) is 12.3. The van der Waals surface area contributed by atoms with Gasteiger partial charge in [0.25, 0.3) is 0 Å². The third kappa shape index (κ3) is 2.88. The smallest absolute Gasteiger partial charge is 0.172 e. The van der Waals surface area contributed by atoms with Crippen LogP contribution in [0.2, 0.25) is 0 Å². The van der Waals surface area contributed by atoms with E-state index in [1.54, 1.807) is 0 Å². The number of hydrogen-bond acceptors (Lipinski definition) is 4. The first-order valence-corrected chi connectivity index (χ1v) is 7.03. The lowest BCUT2D eigenvalue weighted by Gasteiger charge is -2.40. The van der Waals surface area contributed by atoms with Gasteiger partial charge in [-0.15, -0.1) is 0 Å². The van der Waals surface area contributed by atoms with E-state index in [2.05, 4.69) is 30.0 Å². The maximum Gasteiger partial charge on any atom is 0.172 e. The third-order valence-electron chi connectivity index (χ3n) is 3.78. The largest absolute Gasteiger partial charge is 0.409 e. The standard InChI is InChI=1S/C15H23N3O2/c1-4-12-9-20-11(3)8-18(12)14-6-5-10(2)7-13(14)15(16)17-19/h5-7,11-12,19H,4,8-9H2,1-3H3,(H2,16,17). The van der Waals surface area contributed by atoms with Crippen molar-refractivity contribution in [3.8, 4) is 0 Å². The number of morpholine rings is 1. The van der Waals surface area contributed by atoms with E-state index in [-0.39, 0.29) is 11.9 Å². The molecule has 0 bridgehead atoms. The molecular weight excluding hydrogens is 254 g/mol. The molecule has 0 radical (unpaired) electrons. The molecular formula is C15H23N3O2. The van der Waals surface area contributed by atoms with Gasteiger partial charge in [-0.05, 0) is 32.4 Å². The van der Waals surface area contributed by atoms with Crippen LogP contribution in [0.25, 0.3) is 0 Å². The lowest BCUT2D eigenvalue weighted by atomic mass is 10.0. The van der Waals surface area contributed by atoms with Gasteiger partial charge in [-0.3, -0.25) is 0 Å². The summed E-state index contributed by atoms with van der Waals surface area (Å²) in [5, 5.41) is 12.2. The first kappa shape index (κ1) is 14.7. The fourth-order valence-electron chi connectivity index (χ4n) is 2.64.